The van der Waals surface area contributed by atoms with Crippen LogP contribution >= 0.6 is 0 Å². The van der Waals surface area contributed by atoms with E-state index < -0.39 is 5.97 Å². The van der Waals surface area contributed by atoms with Gasteiger partial charge in [-0.1, -0.05) is 0 Å². The highest BCUT2D eigenvalue weighted by atomic mass is 16.4. The van der Waals surface area contributed by atoms with Crippen molar-refractivity contribution in [1.82, 2.24) is 4.98 Å². The Morgan fingerprint density at radius 3 is 2.44 bits per heavy atom. The van der Waals surface area contributed by atoms with Gasteiger partial charge in [-0.3, -0.25) is 4.98 Å². The van der Waals surface area contributed by atoms with Crippen molar-refractivity contribution >= 4 is 22.6 Å². The van der Waals surface area contributed by atoms with E-state index in [1.54, 1.807) is 18.2 Å². The van der Waals surface area contributed by atoms with Gasteiger partial charge in [-0.2, -0.15) is 0 Å². The van der Waals surface area contributed by atoms with Gasteiger partial charge in [0, 0.05) is 35.7 Å². The minimum Gasteiger partial charge on any atom is -0.478 e. The number of nitrogens with one attached hydrogen (secondary N) is 1. The number of carboxylic acid groups (broad SMARTS) is 1. The number of anilines is 1. The molecule has 0 bridgehead atoms. The van der Waals surface area contributed by atoms with Gasteiger partial charge in [-0.05, 0) is 58.9 Å². The molecule has 0 atom stereocenters. The summed E-state index contributed by atoms with van der Waals surface area (Å²) in [7, 11) is 0. The van der Waals surface area contributed by atoms with Gasteiger partial charge >= 0.3 is 5.97 Å². The second-order valence-electron chi connectivity index (χ2n) is 8.72. The van der Waals surface area contributed by atoms with Gasteiger partial charge in [0.25, 0.3) is 0 Å². The molecule has 1 aromatic heterocycles. The monoisotopic (exact) mass is 342 g/mol. The molecular formula is C20H28N3O2+. The van der Waals surface area contributed by atoms with Gasteiger partial charge in [-0.15, -0.1) is 0 Å². The quantitative estimate of drug-likeness (QED) is 0.801. The van der Waals surface area contributed by atoms with Crippen molar-refractivity contribution in [3.63, 3.8) is 0 Å². The molecule has 0 unspecified atom stereocenters. The third-order valence-corrected chi connectivity index (χ3v) is 4.87. The Morgan fingerprint density at radius 2 is 1.84 bits per heavy atom. The van der Waals surface area contributed by atoms with Crippen molar-refractivity contribution in [1.29, 1.82) is 0 Å². The van der Waals surface area contributed by atoms with E-state index in [-0.39, 0.29) is 11.1 Å². The molecule has 0 radical (unpaired) electrons. The van der Waals surface area contributed by atoms with E-state index in [0.717, 1.165) is 35.1 Å². The summed E-state index contributed by atoms with van der Waals surface area (Å²) in [4.78, 5) is 15.9. The summed E-state index contributed by atoms with van der Waals surface area (Å²) in [6.45, 7) is 11.1. The van der Waals surface area contributed by atoms with Crippen LogP contribution in [0.1, 0.15) is 56.6 Å². The molecule has 134 valence electrons. The van der Waals surface area contributed by atoms with Crippen molar-refractivity contribution in [2.45, 2.75) is 64.6 Å². The fourth-order valence-corrected chi connectivity index (χ4v) is 4.45. The molecule has 2 heterocycles. The molecule has 25 heavy (non-hydrogen) atoms. The largest absolute Gasteiger partial charge is 0.478 e. The first kappa shape index (κ1) is 17.7. The van der Waals surface area contributed by atoms with Crippen molar-refractivity contribution in [3.05, 3.63) is 35.5 Å². The zero-order chi connectivity index (χ0) is 18.4. The van der Waals surface area contributed by atoms with Crippen LogP contribution in [-0.4, -0.2) is 33.2 Å². The maximum atomic E-state index is 11.3. The molecule has 0 saturated carbocycles. The fraction of sp³-hybridized carbons (Fsp3) is 0.500. The third kappa shape index (κ3) is 3.93. The standard InChI is InChI=1S/C20H27N3O2/c1-12-8-17(15-9-13(18(24)25)6-7-16(15)21-12)22-14-10-19(2,3)23-20(4,5)11-14/h6-9,14,23H,10-11H2,1-5H3,(H,21,22)(H,24,25)/p+1. The first-order valence-electron chi connectivity index (χ1n) is 8.83. The highest BCUT2D eigenvalue weighted by Crippen LogP contribution is 2.29. The van der Waals surface area contributed by atoms with Gasteiger partial charge in [0.15, 0.2) is 0 Å². The molecule has 1 saturated heterocycles. The molecule has 1 aliphatic rings. The normalized spacial score (nSPS) is 19.7. The van der Waals surface area contributed by atoms with Gasteiger partial charge in [0.1, 0.15) is 0 Å². The number of aromatic carboxylic acids is 1. The van der Waals surface area contributed by atoms with Crippen LogP contribution in [0.5, 0.6) is 0 Å². The topological polar surface area (TPSA) is 78.8 Å². The van der Waals surface area contributed by atoms with Crippen LogP contribution in [0.2, 0.25) is 0 Å². The van der Waals surface area contributed by atoms with Crippen LogP contribution in [0.25, 0.3) is 10.9 Å². The van der Waals surface area contributed by atoms with E-state index in [1.165, 1.54) is 0 Å². The van der Waals surface area contributed by atoms with Crippen LogP contribution < -0.4 is 10.6 Å². The number of nitrogens with two attached hydrogens (primary N) is 1. The number of quaternary nitrogens is 1. The number of piperidine rings is 1. The number of aromatic nitrogens is 1. The summed E-state index contributed by atoms with van der Waals surface area (Å²) in [6, 6.07) is 7.49. The van der Waals surface area contributed by atoms with Crippen molar-refractivity contribution in [2.75, 3.05) is 5.32 Å². The highest BCUT2D eigenvalue weighted by Gasteiger charge is 2.41. The van der Waals surface area contributed by atoms with E-state index in [2.05, 4.69) is 43.3 Å². The number of nitrogens with zero attached hydrogens (tertiary/aromatic N) is 1. The molecule has 1 fully saturated rings. The maximum absolute atomic E-state index is 11.3. The number of benzene rings is 1. The summed E-state index contributed by atoms with van der Waals surface area (Å²) in [5.41, 5.74) is 3.36. The molecule has 5 nitrogen and oxygen atoms in total. The lowest BCUT2D eigenvalue weighted by Crippen LogP contribution is -3.06. The highest BCUT2D eigenvalue weighted by molar-refractivity contribution is 5.98. The molecule has 5 heteroatoms. The molecule has 2 aromatic rings. The number of carboxylic acids is 1. The zero-order valence-electron chi connectivity index (χ0n) is 15.7. The summed E-state index contributed by atoms with van der Waals surface area (Å²) >= 11 is 0. The van der Waals surface area contributed by atoms with Crippen LogP contribution in [-0.2, 0) is 0 Å². The maximum Gasteiger partial charge on any atom is 0.335 e. The van der Waals surface area contributed by atoms with E-state index in [4.69, 9.17) is 0 Å². The lowest BCUT2D eigenvalue weighted by atomic mass is 9.79. The van der Waals surface area contributed by atoms with Gasteiger partial charge in [0.2, 0.25) is 0 Å². The van der Waals surface area contributed by atoms with Crippen molar-refractivity contribution in [3.8, 4) is 0 Å². The molecule has 0 aliphatic carbocycles. The first-order valence-corrected chi connectivity index (χ1v) is 8.83. The Morgan fingerprint density at radius 1 is 1.20 bits per heavy atom. The lowest BCUT2D eigenvalue weighted by Gasteiger charge is -2.43. The molecule has 0 spiro atoms. The van der Waals surface area contributed by atoms with E-state index >= 15 is 0 Å². The van der Waals surface area contributed by atoms with Gasteiger partial charge in [-0.25, -0.2) is 4.79 Å². The second kappa shape index (κ2) is 5.99. The Balaban J connectivity index is 2.00. The Bertz CT molecular complexity index is 811. The summed E-state index contributed by atoms with van der Waals surface area (Å²) < 4.78 is 0. The van der Waals surface area contributed by atoms with Gasteiger partial charge in [0.05, 0.1) is 22.2 Å². The Kier molecular flexibility index (Phi) is 4.23. The summed E-state index contributed by atoms with van der Waals surface area (Å²) in [6.07, 6.45) is 2.11. The zero-order valence-corrected chi connectivity index (χ0v) is 15.7. The molecule has 1 aromatic carbocycles. The number of rotatable bonds is 3. The number of fused-ring (bicyclic) bond motifs is 1. The number of aryl methyl sites for hydroxylation is 1. The van der Waals surface area contributed by atoms with E-state index in [0.29, 0.717) is 11.6 Å². The number of hydrogen-bond acceptors (Lipinski definition) is 3. The Labute approximate surface area is 148 Å². The van der Waals surface area contributed by atoms with Crippen molar-refractivity contribution in [2.24, 2.45) is 0 Å². The van der Waals surface area contributed by atoms with E-state index in [1.807, 2.05) is 13.0 Å². The molecule has 0 amide bonds. The average Bonchev–Trinajstić information content (AvgIpc) is 2.43. The summed E-state index contributed by atoms with van der Waals surface area (Å²) in [5.74, 6) is -0.914. The molecule has 4 N–H and O–H groups in total. The molecular weight excluding hydrogens is 314 g/mol. The molecule has 3 rings (SSSR count). The smallest absolute Gasteiger partial charge is 0.335 e. The van der Waals surface area contributed by atoms with Crippen LogP contribution in [0, 0.1) is 6.92 Å². The third-order valence-electron chi connectivity index (χ3n) is 4.87. The Hall–Kier alpha value is -2.14. The van der Waals surface area contributed by atoms with Crippen molar-refractivity contribution < 1.29 is 15.2 Å². The molecule has 1 aliphatic heterocycles. The van der Waals surface area contributed by atoms with Crippen LogP contribution in [0.3, 0.4) is 0 Å². The second-order valence-corrected chi connectivity index (χ2v) is 8.72. The lowest BCUT2D eigenvalue weighted by molar-refractivity contribution is -0.787. The van der Waals surface area contributed by atoms with Gasteiger partial charge < -0.3 is 15.7 Å². The van der Waals surface area contributed by atoms with E-state index in [9.17, 15) is 9.90 Å². The number of pyridine rings is 1. The first-order chi connectivity index (χ1) is 11.5. The average molecular weight is 342 g/mol. The predicted molar refractivity (Wildman–Crippen MR) is 100 cm³/mol. The van der Waals surface area contributed by atoms with Crippen LogP contribution in [0.15, 0.2) is 24.3 Å². The predicted octanol–water partition coefficient (Wildman–Crippen LogP) is 2.94. The summed E-state index contributed by atoms with van der Waals surface area (Å²) in [5, 5.41) is 16.3. The fourth-order valence-electron chi connectivity index (χ4n) is 4.45. The SMILES string of the molecule is Cc1cc(NC2CC(C)(C)[NH2+]C(C)(C)C2)c2cc(C(=O)O)ccc2n1. The minimum atomic E-state index is -0.914. The minimum absolute atomic E-state index is 0.170. The number of hydrogen-bond donors (Lipinski definition) is 3. The number of carbonyl (C=O) groups is 1. The van der Waals surface area contributed by atoms with Crippen LogP contribution in [0.4, 0.5) is 5.69 Å².